The van der Waals surface area contributed by atoms with E-state index in [-0.39, 0.29) is 12.1 Å². The van der Waals surface area contributed by atoms with Crippen LogP contribution in [0.1, 0.15) is 11.7 Å². The van der Waals surface area contributed by atoms with Gasteiger partial charge in [0.1, 0.15) is 0 Å². The lowest BCUT2D eigenvalue weighted by atomic mass is 10.1. The van der Waals surface area contributed by atoms with Crippen LogP contribution in [0.25, 0.3) is 0 Å². The minimum atomic E-state index is -0.113. The zero-order chi connectivity index (χ0) is 13.2. The number of carbonyl (C=O) groups is 1. The molecule has 3 rings (SSSR count). The van der Waals surface area contributed by atoms with Gasteiger partial charge in [0.15, 0.2) is 0 Å². The normalized spacial score (nSPS) is 18.5. The SMILES string of the molecule is O=C1NCC(c2ccccn2)N1c1ccc(Cl)cc1. The Bertz CT molecular complexity index is 585. The van der Waals surface area contributed by atoms with E-state index < -0.39 is 0 Å². The molecule has 1 aliphatic rings. The maximum absolute atomic E-state index is 12.0. The number of pyridine rings is 1. The smallest absolute Gasteiger partial charge is 0.322 e. The van der Waals surface area contributed by atoms with E-state index in [9.17, 15) is 4.79 Å². The van der Waals surface area contributed by atoms with Gasteiger partial charge in [0.05, 0.1) is 11.7 Å². The summed E-state index contributed by atoms with van der Waals surface area (Å²) in [6, 6.07) is 12.7. The molecule has 19 heavy (non-hydrogen) atoms. The van der Waals surface area contributed by atoms with E-state index in [1.165, 1.54) is 0 Å². The maximum atomic E-state index is 12.0. The van der Waals surface area contributed by atoms with E-state index in [1.807, 2.05) is 30.3 Å². The van der Waals surface area contributed by atoms with Gasteiger partial charge in [-0.2, -0.15) is 0 Å². The molecule has 1 saturated heterocycles. The van der Waals surface area contributed by atoms with Gasteiger partial charge in [0.2, 0.25) is 0 Å². The van der Waals surface area contributed by atoms with Crippen LogP contribution in [0.5, 0.6) is 0 Å². The monoisotopic (exact) mass is 273 g/mol. The van der Waals surface area contributed by atoms with E-state index in [0.717, 1.165) is 11.4 Å². The predicted molar refractivity (Wildman–Crippen MR) is 74.3 cm³/mol. The molecule has 0 spiro atoms. The second kappa shape index (κ2) is 4.90. The van der Waals surface area contributed by atoms with Crippen molar-refractivity contribution in [3.8, 4) is 0 Å². The maximum Gasteiger partial charge on any atom is 0.322 e. The number of nitrogens with one attached hydrogen (secondary N) is 1. The molecule has 1 fully saturated rings. The van der Waals surface area contributed by atoms with Crippen LogP contribution in [0.3, 0.4) is 0 Å². The summed E-state index contributed by atoms with van der Waals surface area (Å²) < 4.78 is 0. The molecule has 1 aromatic heterocycles. The number of rotatable bonds is 2. The number of urea groups is 1. The van der Waals surface area contributed by atoms with Gasteiger partial charge in [-0.1, -0.05) is 17.7 Å². The van der Waals surface area contributed by atoms with Gasteiger partial charge in [0, 0.05) is 23.5 Å². The number of aromatic nitrogens is 1. The Balaban J connectivity index is 1.97. The van der Waals surface area contributed by atoms with Crippen molar-refractivity contribution in [3.05, 3.63) is 59.4 Å². The standard InChI is InChI=1S/C14H12ClN3O/c15-10-4-6-11(7-5-10)18-13(9-17-14(18)19)12-3-1-2-8-16-12/h1-8,13H,9H2,(H,17,19). The van der Waals surface area contributed by atoms with Gasteiger partial charge >= 0.3 is 6.03 Å². The van der Waals surface area contributed by atoms with Crippen molar-refractivity contribution >= 4 is 23.3 Å². The minimum Gasteiger partial charge on any atom is -0.335 e. The molecule has 0 radical (unpaired) electrons. The molecular formula is C14H12ClN3O. The van der Waals surface area contributed by atoms with E-state index in [4.69, 9.17) is 11.6 Å². The molecule has 2 aromatic rings. The third-order valence-corrected chi connectivity index (χ3v) is 3.36. The second-order valence-electron chi connectivity index (χ2n) is 4.30. The van der Waals surface area contributed by atoms with E-state index in [1.54, 1.807) is 23.2 Å². The molecule has 2 heterocycles. The molecule has 5 heteroatoms. The number of hydrogen-bond acceptors (Lipinski definition) is 2. The number of hydrogen-bond donors (Lipinski definition) is 1. The van der Waals surface area contributed by atoms with Crippen LogP contribution >= 0.6 is 11.6 Å². The third-order valence-electron chi connectivity index (χ3n) is 3.11. The van der Waals surface area contributed by atoms with Crippen LogP contribution in [0, 0.1) is 0 Å². The number of amides is 2. The Morgan fingerprint density at radius 1 is 1.21 bits per heavy atom. The highest BCUT2D eigenvalue weighted by molar-refractivity contribution is 6.30. The summed E-state index contributed by atoms with van der Waals surface area (Å²) in [5.41, 5.74) is 1.69. The third kappa shape index (κ3) is 2.27. The first-order chi connectivity index (χ1) is 9.25. The number of benzene rings is 1. The number of nitrogens with zero attached hydrogens (tertiary/aromatic N) is 2. The van der Waals surface area contributed by atoms with Crippen LogP contribution in [0.2, 0.25) is 5.02 Å². The van der Waals surface area contributed by atoms with Gasteiger partial charge in [-0.25, -0.2) is 4.79 Å². The summed E-state index contributed by atoms with van der Waals surface area (Å²) in [5, 5.41) is 3.50. The van der Waals surface area contributed by atoms with Crippen LogP contribution in [0.15, 0.2) is 48.7 Å². The summed E-state index contributed by atoms with van der Waals surface area (Å²) >= 11 is 5.88. The van der Waals surface area contributed by atoms with Crippen molar-refractivity contribution in [2.75, 3.05) is 11.4 Å². The van der Waals surface area contributed by atoms with Gasteiger partial charge < -0.3 is 5.32 Å². The number of halogens is 1. The topological polar surface area (TPSA) is 45.2 Å². The molecule has 96 valence electrons. The van der Waals surface area contributed by atoms with Gasteiger partial charge in [-0.15, -0.1) is 0 Å². The molecule has 1 unspecified atom stereocenters. The highest BCUT2D eigenvalue weighted by Gasteiger charge is 2.33. The molecule has 1 atom stereocenters. The van der Waals surface area contributed by atoms with Crippen molar-refractivity contribution in [1.29, 1.82) is 0 Å². The van der Waals surface area contributed by atoms with E-state index in [0.29, 0.717) is 11.6 Å². The molecule has 0 bridgehead atoms. The summed E-state index contributed by atoms with van der Waals surface area (Å²) in [5.74, 6) is 0. The van der Waals surface area contributed by atoms with Crippen LogP contribution in [0.4, 0.5) is 10.5 Å². The first-order valence-electron chi connectivity index (χ1n) is 5.99. The molecule has 1 N–H and O–H groups in total. The largest absolute Gasteiger partial charge is 0.335 e. The molecule has 4 nitrogen and oxygen atoms in total. The number of anilines is 1. The van der Waals surface area contributed by atoms with Gasteiger partial charge in [-0.05, 0) is 36.4 Å². The lowest BCUT2D eigenvalue weighted by Crippen LogP contribution is -2.29. The fraction of sp³-hybridized carbons (Fsp3) is 0.143. The zero-order valence-electron chi connectivity index (χ0n) is 10.1. The molecule has 0 aliphatic carbocycles. The first kappa shape index (κ1) is 12.0. The van der Waals surface area contributed by atoms with Gasteiger partial charge in [-0.3, -0.25) is 9.88 Å². The van der Waals surface area contributed by atoms with Crippen molar-refractivity contribution in [2.24, 2.45) is 0 Å². The van der Waals surface area contributed by atoms with E-state index >= 15 is 0 Å². The van der Waals surface area contributed by atoms with Crippen molar-refractivity contribution in [2.45, 2.75) is 6.04 Å². The molecule has 1 aliphatic heterocycles. The predicted octanol–water partition coefficient (Wildman–Crippen LogP) is 3.01. The second-order valence-corrected chi connectivity index (χ2v) is 4.74. The quantitative estimate of drug-likeness (QED) is 0.914. The lowest BCUT2D eigenvalue weighted by Gasteiger charge is -2.22. The van der Waals surface area contributed by atoms with Gasteiger partial charge in [0.25, 0.3) is 0 Å². The molecule has 0 saturated carbocycles. The van der Waals surface area contributed by atoms with Crippen LogP contribution in [-0.4, -0.2) is 17.6 Å². The average Bonchev–Trinajstić information content (AvgIpc) is 2.83. The zero-order valence-corrected chi connectivity index (χ0v) is 10.8. The molecule has 2 amide bonds. The summed E-state index contributed by atoms with van der Waals surface area (Å²) in [4.78, 5) is 18.0. The Morgan fingerprint density at radius 3 is 2.68 bits per heavy atom. The Kier molecular flexibility index (Phi) is 3.09. The Hall–Kier alpha value is -2.07. The van der Waals surface area contributed by atoms with Crippen LogP contribution in [-0.2, 0) is 0 Å². The van der Waals surface area contributed by atoms with Crippen LogP contribution < -0.4 is 10.2 Å². The lowest BCUT2D eigenvalue weighted by molar-refractivity contribution is 0.251. The Labute approximate surface area is 116 Å². The molecule has 1 aromatic carbocycles. The summed E-state index contributed by atoms with van der Waals surface area (Å²) in [6.07, 6.45) is 1.73. The average molecular weight is 274 g/mol. The van der Waals surface area contributed by atoms with Crippen molar-refractivity contribution in [1.82, 2.24) is 10.3 Å². The molecular weight excluding hydrogens is 262 g/mol. The highest BCUT2D eigenvalue weighted by Crippen LogP contribution is 2.30. The van der Waals surface area contributed by atoms with Crippen molar-refractivity contribution in [3.63, 3.8) is 0 Å². The fourth-order valence-electron chi connectivity index (χ4n) is 2.21. The Morgan fingerprint density at radius 2 is 2.00 bits per heavy atom. The van der Waals surface area contributed by atoms with E-state index in [2.05, 4.69) is 10.3 Å². The first-order valence-corrected chi connectivity index (χ1v) is 6.37. The van der Waals surface area contributed by atoms with Crippen molar-refractivity contribution < 1.29 is 4.79 Å². The number of carbonyl (C=O) groups excluding carboxylic acids is 1. The summed E-state index contributed by atoms with van der Waals surface area (Å²) in [7, 11) is 0. The minimum absolute atomic E-state index is 0.0881. The highest BCUT2D eigenvalue weighted by atomic mass is 35.5. The fourth-order valence-corrected chi connectivity index (χ4v) is 2.34. The summed E-state index contributed by atoms with van der Waals surface area (Å²) in [6.45, 7) is 0.554.